The SMILES string of the molecule is [B]c1c([B])c(C([B])([B])[B])c([B])c([B])c1C(=O)Nc1cc2cc(-c3cncn3C)cnc2cn1. The van der Waals surface area contributed by atoms with Crippen molar-refractivity contribution < 1.29 is 4.79 Å². The monoisotopic (exact) mass is 413 g/mol. The molecule has 0 atom stereocenters. The number of carbonyl (C=O) groups is 1. The summed E-state index contributed by atoms with van der Waals surface area (Å²) < 4.78 is 1.87. The number of rotatable bonds is 4. The number of pyridine rings is 2. The average Bonchev–Trinajstić information content (AvgIpc) is 3.17. The van der Waals surface area contributed by atoms with Crippen LogP contribution in [0.5, 0.6) is 0 Å². The third-order valence-corrected chi connectivity index (χ3v) is 5.24. The minimum absolute atomic E-state index is 0.0494. The van der Waals surface area contributed by atoms with Crippen LogP contribution in [0.3, 0.4) is 0 Å². The molecule has 0 saturated carbocycles. The van der Waals surface area contributed by atoms with Crippen molar-refractivity contribution in [2.24, 2.45) is 7.05 Å². The summed E-state index contributed by atoms with van der Waals surface area (Å²) in [5.74, 6) is -0.434. The molecule has 1 aromatic carbocycles. The first-order valence-corrected chi connectivity index (χ1v) is 9.65. The Kier molecular flexibility index (Phi) is 5.85. The number of aryl methyl sites for hydroxylation is 1. The number of hydrogen-bond acceptors (Lipinski definition) is 4. The zero-order valence-electron chi connectivity index (χ0n) is 17.7. The molecule has 13 heteroatoms. The maximum Gasteiger partial charge on any atom is 0.255 e. The van der Waals surface area contributed by atoms with Gasteiger partial charge in [0.05, 0.1) is 53.5 Å². The van der Waals surface area contributed by atoms with E-state index < -0.39 is 11.0 Å². The summed E-state index contributed by atoms with van der Waals surface area (Å²) in [7, 11) is 43.2. The molecule has 0 bridgehead atoms. The van der Waals surface area contributed by atoms with Crippen molar-refractivity contribution >= 4 is 99.4 Å². The van der Waals surface area contributed by atoms with Crippen molar-refractivity contribution in [1.29, 1.82) is 0 Å². The van der Waals surface area contributed by atoms with Gasteiger partial charge in [-0.2, -0.15) is 0 Å². The summed E-state index contributed by atoms with van der Waals surface area (Å²) in [5.41, 5.74) is 1.63. The Hall–Kier alpha value is -3.09. The van der Waals surface area contributed by atoms with Crippen LogP contribution in [0.15, 0.2) is 37.1 Å². The molecule has 0 unspecified atom stereocenters. The van der Waals surface area contributed by atoms with Gasteiger partial charge in [0.2, 0.25) is 0 Å². The van der Waals surface area contributed by atoms with Gasteiger partial charge in [-0.25, -0.2) is 9.97 Å². The first-order chi connectivity index (χ1) is 15.5. The third kappa shape index (κ3) is 4.17. The minimum atomic E-state index is -1.90. The predicted octanol–water partition coefficient (Wildman–Crippen LogP) is -2.93. The summed E-state index contributed by atoms with van der Waals surface area (Å²) in [5, 5.41) is 1.50. The lowest BCUT2D eigenvalue weighted by Crippen LogP contribution is -2.54. The van der Waals surface area contributed by atoms with Gasteiger partial charge in [0.25, 0.3) is 5.91 Å². The fraction of sp³-hybridized carbons (Fsp3) is 0.100. The number of benzene rings is 1. The topological polar surface area (TPSA) is 72.7 Å². The van der Waals surface area contributed by atoms with Crippen molar-refractivity contribution in [3.8, 4) is 11.3 Å². The molecule has 3 aromatic heterocycles. The van der Waals surface area contributed by atoms with E-state index in [-0.39, 0.29) is 38.8 Å². The molecule has 0 aliphatic heterocycles. The number of amides is 1. The molecule has 14 radical (unpaired) electrons. The first-order valence-electron chi connectivity index (χ1n) is 9.65. The molecule has 0 spiro atoms. The normalized spacial score (nSPS) is 11.5. The second-order valence-corrected chi connectivity index (χ2v) is 7.67. The Labute approximate surface area is 200 Å². The number of hydrogen-bond donors (Lipinski definition) is 1. The molecule has 0 fully saturated rings. The van der Waals surface area contributed by atoms with E-state index >= 15 is 0 Å². The molecule has 1 amide bonds. The van der Waals surface area contributed by atoms with Crippen LogP contribution < -0.4 is 27.2 Å². The van der Waals surface area contributed by atoms with Crippen LogP contribution in [0.1, 0.15) is 15.9 Å². The van der Waals surface area contributed by atoms with Crippen molar-refractivity contribution in [3.05, 3.63) is 48.2 Å². The molecule has 0 aliphatic rings. The maximum atomic E-state index is 13.0. The Morgan fingerprint density at radius 2 is 1.61 bits per heavy atom. The lowest BCUT2D eigenvalue weighted by atomic mass is 9.37. The van der Waals surface area contributed by atoms with Gasteiger partial charge < -0.3 is 9.88 Å². The highest BCUT2D eigenvalue weighted by atomic mass is 16.1. The number of nitrogens with one attached hydrogen (secondary N) is 1. The number of imidazole rings is 1. The lowest BCUT2D eigenvalue weighted by Gasteiger charge is -2.31. The zero-order chi connectivity index (χ0) is 24.1. The molecular weight excluding hydrogens is 402 g/mol. The summed E-state index contributed by atoms with van der Waals surface area (Å²) in [6.07, 6.45) is 6.68. The molecule has 33 heavy (non-hydrogen) atoms. The highest BCUT2D eigenvalue weighted by molar-refractivity contribution is 6.66. The second kappa shape index (κ2) is 8.36. The zero-order valence-corrected chi connectivity index (χ0v) is 17.7. The largest absolute Gasteiger partial charge is 0.334 e. The number of aromatic nitrogens is 4. The van der Waals surface area contributed by atoms with Gasteiger partial charge in [-0.05, 0) is 12.1 Å². The molecule has 0 aliphatic carbocycles. The molecular formula is C20H10B7N5O. The number of fused-ring (bicyclic) bond motifs is 1. The minimum Gasteiger partial charge on any atom is -0.334 e. The van der Waals surface area contributed by atoms with Crippen LogP contribution in [-0.4, -0.2) is 80.4 Å². The van der Waals surface area contributed by atoms with Crippen molar-refractivity contribution in [2.45, 2.75) is 5.11 Å². The van der Waals surface area contributed by atoms with Gasteiger partial charge in [0.1, 0.15) is 37.2 Å². The van der Waals surface area contributed by atoms with Gasteiger partial charge in [-0.3, -0.25) is 9.78 Å². The number of anilines is 1. The quantitative estimate of drug-likeness (QED) is 0.365. The van der Waals surface area contributed by atoms with Crippen LogP contribution in [-0.2, 0) is 12.2 Å². The van der Waals surface area contributed by atoms with Crippen LogP contribution in [0, 0.1) is 0 Å². The molecule has 6 nitrogen and oxygen atoms in total. The number of carbonyl (C=O) groups excluding carboxylic acids is 1. The molecule has 4 rings (SSSR count). The van der Waals surface area contributed by atoms with E-state index in [1.165, 1.54) is 6.20 Å². The Bertz CT molecular complexity index is 1390. The van der Waals surface area contributed by atoms with Gasteiger partial charge in [-0.1, -0.05) is 16.5 Å². The van der Waals surface area contributed by atoms with Crippen molar-refractivity contribution in [2.75, 3.05) is 5.32 Å². The number of nitrogens with zero attached hydrogens (tertiary/aromatic N) is 4. The summed E-state index contributed by atoms with van der Waals surface area (Å²) in [6, 6.07) is 3.58. The highest BCUT2D eigenvalue weighted by Gasteiger charge is 2.24. The summed E-state index contributed by atoms with van der Waals surface area (Å²) in [6.45, 7) is 0. The van der Waals surface area contributed by atoms with E-state index in [1.54, 1.807) is 24.8 Å². The van der Waals surface area contributed by atoms with E-state index in [9.17, 15) is 4.79 Å². The fourth-order valence-electron chi connectivity index (χ4n) is 3.59. The molecule has 142 valence electrons. The van der Waals surface area contributed by atoms with Gasteiger partial charge in [-0.15, -0.1) is 16.0 Å². The summed E-state index contributed by atoms with van der Waals surface area (Å²) in [4.78, 5) is 25.8. The van der Waals surface area contributed by atoms with E-state index in [2.05, 4.69) is 20.3 Å². The van der Waals surface area contributed by atoms with Gasteiger partial charge in [0.15, 0.2) is 0 Å². The summed E-state index contributed by atoms with van der Waals surface area (Å²) >= 11 is 0. The average molecular weight is 412 g/mol. The van der Waals surface area contributed by atoms with Crippen molar-refractivity contribution in [3.63, 3.8) is 0 Å². The smallest absolute Gasteiger partial charge is 0.255 e. The second-order valence-electron chi connectivity index (χ2n) is 7.67. The third-order valence-electron chi connectivity index (χ3n) is 5.24. The molecule has 0 saturated heterocycles. The molecule has 3 heterocycles. The van der Waals surface area contributed by atoms with E-state index in [0.717, 1.165) is 16.6 Å². The molecule has 4 aromatic rings. The predicted molar refractivity (Wildman–Crippen MR) is 137 cm³/mol. The van der Waals surface area contributed by atoms with E-state index in [0.29, 0.717) is 5.52 Å². The van der Waals surface area contributed by atoms with Gasteiger partial charge in [0, 0.05) is 29.8 Å². The first kappa shape index (κ1) is 23.1. The fourth-order valence-corrected chi connectivity index (χ4v) is 3.59. The van der Waals surface area contributed by atoms with E-state index in [4.69, 9.17) is 54.9 Å². The Morgan fingerprint density at radius 1 is 0.939 bits per heavy atom. The maximum absolute atomic E-state index is 13.0. The van der Waals surface area contributed by atoms with Crippen LogP contribution >= 0.6 is 0 Å². The van der Waals surface area contributed by atoms with Crippen LogP contribution in [0.2, 0.25) is 0 Å². The molecule has 1 N–H and O–H groups in total. The van der Waals surface area contributed by atoms with Crippen LogP contribution in [0.25, 0.3) is 22.2 Å². The highest BCUT2D eigenvalue weighted by Crippen LogP contribution is 2.23. The van der Waals surface area contributed by atoms with Crippen LogP contribution in [0.4, 0.5) is 5.82 Å². The van der Waals surface area contributed by atoms with Crippen molar-refractivity contribution in [1.82, 2.24) is 19.5 Å². The Morgan fingerprint density at radius 3 is 2.18 bits per heavy atom. The standard InChI is InChI=1S/C20H10B7N5O/c1-32-7-28-6-11(32)9-2-8-3-12(30-5-10(8)29-4-9)31-19(33)13-15(21)17(23)14(20(25,26)27)18(24)16(13)22/h2-7H,1H3,(H,30,31,33). The van der Waals surface area contributed by atoms with Gasteiger partial charge >= 0.3 is 0 Å². The van der Waals surface area contributed by atoms with E-state index in [1.807, 2.05) is 17.7 Å². The lowest BCUT2D eigenvalue weighted by molar-refractivity contribution is 0.102. The Balaban J connectivity index is 1.72.